The summed E-state index contributed by atoms with van der Waals surface area (Å²) >= 11 is 0. The maximum atomic E-state index is 4.00. The molecule has 2 atom stereocenters. The van der Waals surface area contributed by atoms with Crippen molar-refractivity contribution in [1.29, 1.82) is 0 Å². The Morgan fingerprint density at radius 2 is 1.08 bits per heavy atom. The fourth-order valence-corrected chi connectivity index (χ4v) is 2.54. The third-order valence-corrected chi connectivity index (χ3v) is 4.52. The predicted octanol–water partition coefficient (Wildman–Crippen LogP) is 5.55. The van der Waals surface area contributed by atoms with E-state index in [0.29, 0.717) is 0 Å². The number of nitrogens with one attached hydrogen (secondary N) is 2. The van der Waals surface area contributed by atoms with Gasteiger partial charge in [0.1, 0.15) is 0 Å². The van der Waals surface area contributed by atoms with Gasteiger partial charge < -0.3 is 10.6 Å². The highest BCUT2D eigenvalue weighted by Gasteiger charge is 2.20. The summed E-state index contributed by atoms with van der Waals surface area (Å²) in [5.41, 5.74) is 2.72. The Balaban J connectivity index is 4.30. The maximum absolute atomic E-state index is 4.00. The minimum atomic E-state index is -0.0136. The second kappa shape index (κ2) is 11.4. The molecule has 0 aliphatic rings. The molecule has 0 fully saturated rings. The van der Waals surface area contributed by atoms with Crippen molar-refractivity contribution in [3.05, 3.63) is 48.6 Å². The molecule has 0 aromatic heterocycles. The third kappa shape index (κ3) is 10.6. The lowest BCUT2D eigenvalue weighted by atomic mass is 9.94. The molecule has 0 bridgehead atoms. The molecule has 0 amide bonds. The van der Waals surface area contributed by atoms with E-state index in [2.05, 4.69) is 77.5 Å². The average molecular weight is 333 g/mol. The molecule has 0 radical (unpaired) electrons. The van der Waals surface area contributed by atoms with E-state index in [9.17, 15) is 0 Å². The first-order valence-electron chi connectivity index (χ1n) is 9.20. The topological polar surface area (TPSA) is 24.1 Å². The molecule has 0 aliphatic carbocycles. The fraction of sp³-hybridized carbons (Fsp3) is 0.636. The minimum absolute atomic E-state index is 0.0136. The molecule has 2 N–H and O–H groups in total. The van der Waals surface area contributed by atoms with Crippen molar-refractivity contribution in [2.45, 2.75) is 78.3 Å². The van der Waals surface area contributed by atoms with E-state index in [1.807, 2.05) is 12.2 Å². The lowest BCUT2D eigenvalue weighted by Gasteiger charge is -2.30. The highest BCUT2D eigenvalue weighted by Crippen LogP contribution is 2.16. The standard InChI is InChI=1S/C22H40N2/c1-9-21(7,15-11-13-19(3)4)23-17-18-24-22(8,10-2)16-12-14-20(5)6/h9-10,13-14,23-24H,1-2,11-12,15-18H2,3-8H3. The summed E-state index contributed by atoms with van der Waals surface area (Å²) < 4.78 is 0. The Kier molecular flexibility index (Phi) is 10.9. The lowest BCUT2D eigenvalue weighted by Crippen LogP contribution is -2.48. The predicted molar refractivity (Wildman–Crippen MR) is 111 cm³/mol. The van der Waals surface area contributed by atoms with Crippen molar-refractivity contribution in [2.75, 3.05) is 13.1 Å². The highest BCUT2D eigenvalue weighted by molar-refractivity contribution is 5.04. The molecule has 2 heteroatoms. The molecule has 0 rings (SSSR count). The number of hydrogen-bond donors (Lipinski definition) is 2. The first-order valence-corrected chi connectivity index (χ1v) is 9.20. The quantitative estimate of drug-likeness (QED) is 0.341. The SMILES string of the molecule is C=CC(C)(CCC=C(C)C)NCCNC(C)(C=C)CCC=C(C)C. The van der Waals surface area contributed by atoms with Crippen LogP contribution in [-0.4, -0.2) is 24.2 Å². The molecule has 0 heterocycles. The zero-order chi connectivity index (χ0) is 18.6. The molecular formula is C22H40N2. The summed E-state index contributed by atoms with van der Waals surface area (Å²) in [6.07, 6.45) is 13.0. The van der Waals surface area contributed by atoms with Gasteiger partial charge in [-0.3, -0.25) is 0 Å². The van der Waals surface area contributed by atoms with E-state index in [1.165, 1.54) is 11.1 Å². The summed E-state index contributed by atoms with van der Waals surface area (Å²) in [6, 6.07) is 0. The fourth-order valence-electron chi connectivity index (χ4n) is 2.54. The highest BCUT2D eigenvalue weighted by atomic mass is 15.0. The molecule has 2 nitrogen and oxygen atoms in total. The summed E-state index contributed by atoms with van der Waals surface area (Å²) in [7, 11) is 0. The van der Waals surface area contributed by atoms with Gasteiger partial charge in [0.05, 0.1) is 0 Å². The van der Waals surface area contributed by atoms with Crippen LogP contribution in [0.3, 0.4) is 0 Å². The van der Waals surface area contributed by atoms with Gasteiger partial charge in [0.25, 0.3) is 0 Å². The Bertz CT molecular complexity index is 397. The molecule has 2 unspecified atom stereocenters. The second-order valence-corrected chi connectivity index (χ2v) is 7.74. The Morgan fingerprint density at radius 3 is 1.33 bits per heavy atom. The van der Waals surface area contributed by atoms with E-state index in [4.69, 9.17) is 0 Å². The first kappa shape index (κ1) is 22.9. The summed E-state index contributed by atoms with van der Waals surface area (Å²) in [5, 5.41) is 7.27. The van der Waals surface area contributed by atoms with Crippen molar-refractivity contribution >= 4 is 0 Å². The van der Waals surface area contributed by atoms with Crippen LogP contribution in [0.5, 0.6) is 0 Å². The van der Waals surface area contributed by atoms with Gasteiger partial charge in [0, 0.05) is 24.2 Å². The molecule has 0 aliphatic heterocycles. The van der Waals surface area contributed by atoms with Gasteiger partial charge in [-0.2, -0.15) is 0 Å². The minimum Gasteiger partial charge on any atom is -0.307 e. The summed E-state index contributed by atoms with van der Waals surface area (Å²) in [4.78, 5) is 0. The van der Waals surface area contributed by atoms with Gasteiger partial charge in [-0.15, -0.1) is 13.2 Å². The van der Waals surface area contributed by atoms with Crippen molar-refractivity contribution in [2.24, 2.45) is 0 Å². The van der Waals surface area contributed by atoms with Gasteiger partial charge in [0.2, 0.25) is 0 Å². The third-order valence-electron chi connectivity index (χ3n) is 4.52. The van der Waals surface area contributed by atoms with Crippen LogP contribution >= 0.6 is 0 Å². The van der Waals surface area contributed by atoms with E-state index in [0.717, 1.165) is 38.8 Å². The Hall–Kier alpha value is -1.12. The smallest absolute Gasteiger partial charge is 0.0336 e. The number of rotatable bonds is 13. The van der Waals surface area contributed by atoms with Crippen LogP contribution in [0.2, 0.25) is 0 Å². The molecule has 0 aromatic carbocycles. The van der Waals surface area contributed by atoms with Gasteiger partial charge in [-0.25, -0.2) is 0 Å². The Morgan fingerprint density at radius 1 is 0.750 bits per heavy atom. The zero-order valence-corrected chi connectivity index (χ0v) is 17.0. The van der Waals surface area contributed by atoms with Crippen molar-refractivity contribution in [3.8, 4) is 0 Å². The van der Waals surface area contributed by atoms with Crippen LogP contribution in [-0.2, 0) is 0 Å². The van der Waals surface area contributed by atoms with E-state index in [1.54, 1.807) is 0 Å². The average Bonchev–Trinajstić information content (AvgIpc) is 2.51. The molecule has 0 saturated carbocycles. The lowest BCUT2D eigenvalue weighted by molar-refractivity contribution is 0.370. The van der Waals surface area contributed by atoms with Crippen LogP contribution in [0.4, 0.5) is 0 Å². The van der Waals surface area contributed by atoms with Crippen LogP contribution in [0.15, 0.2) is 48.6 Å². The zero-order valence-electron chi connectivity index (χ0n) is 17.0. The van der Waals surface area contributed by atoms with Gasteiger partial charge >= 0.3 is 0 Å². The summed E-state index contributed by atoms with van der Waals surface area (Å²) in [6.45, 7) is 22.9. The number of hydrogen-bond acceptors (Lipinski definition) is 2. The van der Waals surface area contributed by atoms with E-state index < -0.39 is 0 Å². The largest absolute Gasteiger partial charge is 0.307 e. The van der Waals surface area contributed by atoms with Crippen molar-refractivity contribution in [1.82, 2.24) is 10.6 Å². The molecule has 24 heavy (non-hydrogen) atoms. The molecule has 0 aromatic rings. The Labute approximate surface area is 151 Å². The molecular weight excluding hydrogens is 292 g/mol. The summed E-state index contributed by atoms with van der Waals surface area (Å²) in [5.74, 6) is 0. The monoisotopic (exact) mass is 332 g/mol. The van der Waals surface area contributed by atoms with E-state index >= 15 is 0 Å². The molecule has 138 valence electrons. The first-order chi connectivity index (χ1) is 11.2. The van der Waals surface area contributed by atoms with Crippen molar-refractivity contribution < 1.29 is 0 Å². The van der Waals surface area contributed by atoms with Gasteiger partial charge in [-0.05, 0) is 67.2 Å². The van der Waals surface area contributed by atoms with Crippen LogP contribution in [0.25, 0.3) is 0 Å². The van der Waals surface area contributed by atoms with Gasteiger partial charge in [-0.1, -0.05) is 35.5 Å². The van der Waals surface area contributed by atoms with Crippen molar-refractivity contribution in [3.63, 3.8) is 0 Å². The van der Waals surface area contributed by atoms with Crippen LogP contribution in [0.1, 0.15) is 67.2 Å². The number of allylic oxidation sites excluding steroid dienone is 4. The van der Waals surface area contributed by atoms with Crippen LogP contribution < -0.4 is 10.6 Å². The van der Waals surface area contributed by atoms with E-state index in [-0.39, 0.29) is 11.1 Å². The van der Waals surface area contributed by atoms with Gasteiger partial charge in [0.15, 0.2) is 0 Å². The molecule has 0 saturated heterocycles. The molecule has 0 spiro atoms. The van der Waals surface area contributed by atoms with Crippen LogP contribution in [0, 0.1) is 0 Å². The normalized spacial score (nSPS) is 15.8. The maximum Gasteiger partial charge on any atom is 0.0336 e. The second-order valence-electron chi connectivity index (χ2n) is 7.74.